The number of nitrogens with one attached hydrogen (secondary N) is 1. The lowest BCUT2D eigenvalue weighted by atomic mass is 10.1. The number of nitrogens with zero attached hydrogens (tertiary/aromatic N) is 1. The van der Waals surface area contributed by atoms with Gasteiger partial charge in [0.2, 0.25) is 5.88 Å². The molecular weight excluding hydrogens is 244 g/mol. The lowest BCUT2D eigenvalue weighted by molar-refractivity contribution is 0.200. The fourth-order valence-corrected chi connectivity index (χ4v) is 1.88. The molecule has 0 aliphatic rings. The first-order valence-corrected chi connectivity index (χ1v) is 6.00. The predicted molar refractivity (Wildman–Crippen MR) is 72.3 cm³/mol. The normalized spacial score (nSPS) is 10.6. The van der Waals surface area contributed by atoms with E-state index in [1.165, 1.54) is 0 Å². The molecule has 2 rings (SSSR count). The van der Waals surface area contributed by atoms with Gasteiger partial charge in [0, 0.05) is 13.5 Å². The molecule has 0 fully saturated rings. The quantitative estimate of drug-likeness (QED) is 0.876. The maximum Gasteiger partial charge on any atom is 0.262 e. The zero-order valence-electron chi connectivity index (χ0n) is 10.9. The van der Waals surface area contributed by atoms with Crippen LogP contribution in [0.4, 0.5) is 0 Å². The molecule has 1 heterocycles. The average Bonchev–Trinajstić information content (AvgIpc) is 2.35. The van der Waals surface area contributed by atoms with Gasteiger partial charge in [0.15, 0.2) is 0 Å². The maximum absolute atomic E-state index is 12.0. The first kappa shape index (κ1) is 13.3. The van der Waals surface area contributed by atoms with Gasteiger partial charge in [0.05, 0.1) is 6.61 Å². The Morgan fingerprint density at radius 3 is 2.84 bits per heavy atom. The molecule has 100 valence electrons. The Morgan fingerprint density at radius 1 is 1.42 bits per heavy atom. The van der Waals surface area contributed by atoms with Crippen molar-refractivity contribution < 1.29 is 9.84 Å². The number of aromatic amines is 1. The van der Waals surface area contributed by atoms with Crippen LogP contribution in [0.1, 0.15) is 11.4 Å². The van der Waals surface area contributed by atoms with E-state index in [2.05, 4.69) is 9.97 Å². The lowest BCUT2D eigenvalue weighted by Crippen LogP contribution is -2.15. The van der Waals surface area contributed by atoms with Gasteiger partial charge in [-0.15, -0.1) is 0 Å². The number of hydrogen-bond donors (Lipinski definition) is 2. The first-order chi connectivity index (χ1) is 9.11. The Kier molecular flexibility index (Phi) is 3.97. The summed E-state index contributed by atoms with van der Waals surface area (Å²) >= 11 is 0. The summed E-state index contributed by atoms with van der Waals surface area (Å²) in [6, 6.07) is 7.37. The third-order valence-corrected chi connectivity index (χ3v) is 2.80. The fraction of sp³-hybridized carbons (Fsp3) is 0.286. The van der Waals surface area contributed by atoms with Gasteiger partial charge in [-0.3, -0.25) is 4.79 Å². The first-order valence-electron chi connectivity index (χ1n) is 6.00. The minimum absolute atomic E-state index is 0.199. The molecule has 0 saturated heterocycles. The third-order valence-electron chi connectivity index (χ3n) is 2.80. The van der Waals surface area contributed by atoms with Gasteiger partial charge in [0.25, 0.3) is 5.56 Å². The van der Waals surface area contributed by atoms with E-state index in [9.17, 15) is 9.90 Å². The fourth-order valence-electron chi connectivity index (χ4n) is 1.88. The minimum Gasteiger partial charge on any atom is -0.493 e. The Balaban J connectivity index is 2.45. The molecule has 0 aliphatic heterocycles. The molecule has 19 heavy (non-hydrogen) atoms. The minimum atomic E-state index is -0.343. The van der Waals surface area contributed by atoms with Gasteiger partial charge in [-0.1, -0.05) is 29.8 Å². The van der Waals surface area contributed by atoms with Crippen LogP contribution < -0.4 is 5.56 Å². The molecule has 0 amide bonds. The number of benzene rings is 1. The van der Waals surface area contributed by atoms with Crippen LogP contribution in [0.15, 0.2) is 29.1 Å². The SMILES string of the molecule is COCCc1nc(O)c(-c2cccc(C)c2)c(=O)[nH]1. The van der Waals surface area contributed by atoms with Crippen molar-refractivity contribution in [2.24, 2.45) is 0 Å². The van der Waals surface area contributed by atoms with Crippen LogP contribution >= 0.6 is 0 Å². The van der Waals surface area contributed by atoms with E-state index in [-0.39, 0.29) is 17.0 Å². The summed E-state index contributed by atoms with van der Waals surface area (Å²) in [5.74, 6) is 0.168. The van der Waals surface area contributed by atoms with E-state index >= 15 is 0 Å². The highest BCUT2D eigenvalue weighted by Gasteiger charge is 2.12. The lowest BCUT2D eigenvalue weighted by Gasteiger charge is -2.06. The number of aromatic hydroxyl groups is 1. The van der Waals surface area contributed by atoms with E-state index in [1.54, 1.807) is 13.2 Å². The van der Waals surface area contributed by atoms with Crippen molar-refractivity contribution in [3.8, 4) is 17.0 Å². The summed E-state index contributed by atoms with van der Waals surface area (Å²) in [5, 5.41) is 9.94. The molecular formula is C14H16N2O3. The Hall–Kier alpha value is -2.14. The highest BCUT2D eigenvalue weighted by Crippen LogP contribution is 2.23. The summed E-state index contributed by atoms with van der Waals surface area (Å²) in [4.78, 5) is 18.7. The molecule has 1 aromatic carbocycles. The van der Waals surface area contributed by atoms with Crippen LogP contribution in [-0.2, 0) is 11.2 Å². The summed E-state index contributed by atoms with van der Waals surface area (Å²) < 4.78 is 4.91. The van der Waals surface area contributed by atoms with E-state index in [0.29, 0.717) is 24.4 Å². The number of methoxy groups -OCH3 is 1. The molecule has 1 aromatic heterocycles. The van der Waals surface area contributed by atoms with Crippen LogP contribution in [0.3, 0.4) is 0 Å². The van der Waals surface area contributed by atoms with E-state index in [4.69, 9.17) is 4.74 Å². The number of hydrogen-bond acceptors (Lipinski definition) is 4. The number of ether oxygens (including phenoxy) is 1. The molecule has 5 heteroatoms. The zero-order valence-corrected chi connectivity index (χ0v) is 10.9. The van der Waals surface area contributed by atoms with Crippen LogP contribution in [-0.4, -0.2) is 28.8 Å². The molecule has 0 unspecified atom stereocenters. The van der Waals surface area contributed by atoms with Gasteiger partial charge in [-0.25, -0.2) is 0 Å². The van der Waals surface area contributed by atoms with E-state index in [1.807, 2.05) is 25.1 Å². The van der Waals surface area contributed by atoms with Crippen molar-refractivity contribution in [3.63, 3.8) is 0 Å². The Bertz CT molecular complexity index is 635. The van der Waals surface area contributed by atoms with E-state index in [0.717, 1.165) is 5.56 Å². The number of rotatable bonds is 4. The van der Waals surface area contributed by atoms with Crippen molar-refractivity contribution in [2.75, 3.05) is 13.7 Å². The number of aryl methyl sites for hydroxylation is 1. The number of aromatic nitrogens is 2. The highest BCUT2D eigenvalue weighted by atomic mass is 16.5. The van der Waals surface area contributed by atoms with Gasteiger partial charge < -0.3 is 14.8 Å². The zero-order chi connectivity index (χ0) is 13.8. The second-order valence-corrected chi connectivity index (χ2v) is 4.32. The van der Waals surface area contributed by atoms with Crippen molar-refractivity contribution >= 4 is 0 Å². The van der Waals surface area contributed by atoms with Gasteiger partial charge in [-0.2, -0.15) is 4.98 Å². The Labute approximate surface area is 110 Å². The molecule has 0 saturated carbocycles. The third kappa shape index (κ3) is 3.00. The van der Waals surface area contributed by atoms with Crippen molar-refractivity contribution in [1.82, 2.24) is 9.97 Å². The van der Waals surface area contributed by atoms with Crippen LogP contribution in [0.25, 0.3) is 11.1 Å². The molecule has 5 nitrogen and oxygen atoms in total. The average molecular weight is 260 g/mol. The predicted octanol–water partition coefficient (Wildman–Crippen LogP) is 1.64. The molecule has 2 N–H and O–H groups in total. The smallest absolute Gasteiger partial charge is 0.262 e. The number of H-pyrrole nitrogens is 1. The second kappa shape index (κ2) is 5.67. The topological polar surface area (TPSA) is 75.2 Å². The maximum atomic E-state index is 12.0. The van der Waals surface area contributed by atoms with Crippen molar-refractivity contribution in [2.45, 2.75) is 13.3 Å². The molecule has 0 spiro atoms. The van der Waals surface area contributed by atoms with Crippen LogP contribution in [0, 0.1) is 6.92 Å². The summed E-state index contributed by atoms with van der Waals surface area (Å²) in [6.45, 7) is 2.36. The summed E-state index contributed by atoms with van der Waals surface area (Å²) in [6.07, 6.45) is 0.452. The standard InChI is InChI=1S/C14H16N2O3/c1-9-4-3-5-10(8-9)12-13(17)15-11(6-7-19-2)16-14(12)18/h3-5,8H,6-7H2,1-2H3,(H2,15,16,17,18). The monoisotopic (exact) mass is 260 g/mol. The molecule has 0 radical (unpaired) electrons. The molecule has 2 aromatic rings. The van der Waals surface area contributed by atoms with Crippen LogP contribution in [0.2, 0.25) is 0 Å². The second-order valence-electron chi connectivity index (χ2n) is 4.32. The van der Waals surface area contributed by atoms with Crippen LogP contribution in [0.5, 0.6) is 5.88 Å². The largest absolute Gasteiger partial charge is 0.493 e. The summed E-state index contributed by atoms with van der Waals surface area (Å²) in [5.41, 5.74) is 1.53. The van der Waals surface area contributed by atoms with Gasteiger partial charge >= 0.3 is 0 Å². The van der Waals surface area contributed by atoms with Crippen molar-refractivity contribution in [3.05, 3.63) is 46.0 Å². The van der Waals surface area contributed by atoms with Gasteiger partial charge in [-0.05, 0) is 12.5 Å². The molecule has 0 bridgehead atoms. The van der Waals surface area contributed by atoms with Crippen molar-refractivity contribution in [1.29, 1.82) is 0 Å². The summed E-state index contributed by atoms with van der Waals surface area (Å²) in [7, 11) is 1.57. The molecule has 0 aliphatic carbocycles. The highest BCUT2D eigenvalue weighted by molar-refractivity contribution is 5.67. The van der Waals surface area contributed by atoms with E-state index < -0.39 is 0 Å². The van der Waals surface area contributed by atoms with Gasteiger partial charge in [0.1, 0.15) is 11.4 Å². The Morgan fingerprint density at radius 2 is 2.21 bits per heavy atom. The molecule has 0 atom stereocenters.